The van der Waals surface area contributed by atoms with Gasteiger partial charge < -0.3 is 4.74 Å². The molecule has 144 valence electrons. The fourth-order valence-corrected chi connectivity index (χ4v) is 3.14. The van der Waals surface area contributed by atoms with Crippen LogP contribution in [0.4, 0.5) is 0 Å². The van der Waals surface area contributed by atoms with Gasteiger partial charge in [0.15, 0.2) is 0 Å². The molecule has 0 saturated carbocycles. The number of carbonyl (C=O) groups is 1. The monoisotopic (exact) mass is 365 g/mol. The molecule has 0 aliphatic carbocycles. The van der Waals surface area contributed by atoms with Crippen LogP contribution in [0.1, 0.15) is 38.3 Å². The number of ether oxygens (including phenoxy) is 1. The van der Waals surface area contributed by atoms with Gasteiger partial charge in [-0.05, 0) is 30.4 Å². The van der Waals surface area contributed by atoms with Gasteiger partial charge in [-0.15, -0.1) is 0 Å². The lowest BCUT2D eigenvalue weighted by atomic mass is 10.00. The topological polar surface area (TPSA) is 29.5 Å². The number of rotatable bonds is 10. The van der Waals surface area contributed by atoms with Crippen LogP contribution in [-0.2, 0) is 22.6 Å². The number of hydrogen-bond donors (Lipinski definition) is 0. The fourth-order valence-electron chi connectivity index (χ4n) is 3.14. The van der Waals surface area contributed by atoms with Crippen LogP contribution in [0.15, 0.2) is 72.8 Å². The maximum absolute atomic E-state index is 11.8. The van der Waals surface area contributed by atoms with Crippen LogP contribution in [-0.4, -0.2) is 23.5 Å². The van der Waals surface area contributed by atoms with Crippen molar-refractivity contribution in [2.45, 2.75) is 46.3 Å². The summed E-state index contributed by atoms with van der Waals surface area (Å²) < 4.78 is 5.07. The quantitative estimate of drug-likeness (QED) is 0.427. The second-order valence-electron chi connectivity index (χ2n) is 7.18. The van der Waals surface area contributed by atoms with Crippen molar-refractivity contribution in [2.75, 3.05) is 6.61 Å². The third-order valence-electron chi connectivity index (χ3n) is 4.38. The van der Waals surface area contributed by atoms with Crippen molar-refractivity contribution in [3.05, 3.63) is 83.9 Å². The fraction of sp³-hybridized carbons (Fsp3) is 0.375. The first kappa shape index (κ1) is 20.9. The molecule has 3 heteroatoms. The van der Waals surface area contributed by atoms with Crippen LogP contribution in [0.2, 0.25) is 0 Å². The van der Waals surface area contributed by atoms with Crippen molar-refractivity contribution < 1.29 is 9.53 Å². The van der Waals surface area contributed by atoms with Gasteiger partial charge in [-0.2, -0.15) is 0 Å². The summed E-state index contributed by atoms with van der Waals surface area (Å²) in [6.45, 7) is 8.33. The van der Waals surface area contributed by atoms with E-state index in [2.05, 4.69) is 67.3 Å². The van der Waals surface area contributed by atoms with Crippen molar-refractivity contribution >= 4 is 5.97 Å². The molecule has 2 aromatic carbocycles. The molecule has 0 aliphatic rings. The van der Waals surface area contributed by atoms with Gasteiger partial charge in [0.25, 0.3) is 0 Å². The third kappa shape index (κ3) is 7.79. The highest BCUT2D eigenvalue weighted by molar-refractivity contribution is 5.81. The predicted octanol–water partition coefficient (Wildman–Crippen LogP) is 5.22. The molecule has 0 heterocycles. The van der Waals surface area contributed by atoms with Crippen LogP contribution >= 0.6 is 0 Å². The summed E-state index contributed by atoms with van der Waals surface area (Å²) in [5.41, 5.74) is 2.54. The van der Waals surface area contributed by atoms with Gasteiger partial charge in [-0.3, -0.25) is 4.90 Å². The molecule has 0 radical (unpaired) electrons. The Kier molecular flexibility index (Phi) is 8.79. The van der Waals surface area contributed by atoms with E-state index in [0.29, 0.717) is 12.5 Å². The van der Waals surface area contributed by atoms with Gasteiger partial charge in [-0.1, -0.05) is 80.6 Å². The highest BCUT2D eigenvalue weighted by atomic mass is 16.5. The molecule has 0 spiro atoms. The van der Waals surface area contributed by atoms with E-state index in [-0.39, 0.29) is 12.0 Å². The molecular formula is C24H31NO2. The van der Waals surface area contributed by atoms with Gasteiger partial charge in [0.2, 0.25) is 0 Å². The molecule has 27 heavy (non-hydrogen) atoms. The van der Waals surface area contributed by atoms with Crippen LogP contribution in [0.25, 0.3) is 0 Å². The van der Waals surface area contributed by atoms with E-state index in [1.165, 1.54) is 11.1 Å². The molecule has 0 amide bonds. The largest absolute Gasteiger partial charge is 0.463 e. The highest BCUT2D eigenvalue weighted by Gasteiger charge is 2.18. The summed E-state index contributed by atoms with van der Waals surface area (Å²) in [5, 5.41) is 0. The normalized spacial score (nSPS) is 12.6. The molecule has 0 aliphatic heterocycles. The number of benzene rings is 2. The molecule has 1 atom stereocenters. The molecule has 3 nitrogen and oxygen atoms in total. The zero-order valence-electron chi connectivity index (χ0n) is 16.7. The van der Waals surface area contributed by atoms with Gasteiger partial charge in [0.1, 0.15) is 0 Å². The van der Waals surface area contributed by atoms with Gasteiger partial charge in [0.05, 0.1) is 6.61 Å². The van der Waals surface area contributed by atoms with Crippen molar-refractivity contribution in [1.29, 1.82) is 0 Å². The lowest BCUT2D eigenvalue weighted by molar-refractivity contribution is -0.137. The second-order valence-corrected chi connectivity index (χ2v) is 7.18. The van der Waals surface area contributed by atoms with Gasteiger partial charge in [-0.25, -0.2) is 4.79 Å². The van der Waals surface area contributed by atoms with Crippen molar-refractivity contribution in [1.82, 2.24) is 4.90 Å². The molecule has 0 fully saturated rings. The van der Waals surface area contributed by atoms with Crippen molar-refractivity contribution in [3.63, 3.8) is 0 Å². The number of esters is 1. The average Bonchev–Trinajstić information content (AvgIpc) is 2.66. The Morgan fingerprint density at radius 1 is 0.963 bits per heavy atom. The van der Waals surface area contributed by atoms with Gasteiger partial charge in [0, 0.05) is 25.2 Å². The molecule has 0 bridgehead atoms. The van der Waals surface area contributed by atoms with Crippen LogP contribution < -0.4 is 0 Å². The SMILES string of the molecule is CCOC(=O)/C=C/[C@H](CC(C)C)N(Cc1ccccc1)Cc1ccccc1. The smallest absolute Gasteiger partial charge is 0.330 e. The van der Waals surface area contributed by atoms with E-state index in [9.17, 15) is 4.79 Å². The Bertz CT molecular complexity index is 653. The van der Waals surface area contributed by atoms with E-state index in [4.69, 9.17) is 4.74 Å². The molecule has 2 rings (SSSR count). The molecule has 0 saturated heterocycles. The summed E-state index contributed by atoms with van der Waals surface area (Å²) >= 11 is 0. The minimum absolute atomic E-state index is 0.162. The molecule has 0 aromatic heterocycles. The summed E-state index contributed by atoms with van der Waals surface area (Å²) in [4.78, 5) is 14.3. The predicted molar refractivity (Wildman–Crippen MR) is 111 cm³/mol. The summed E-state index contributed by atoms with van der Waals surface area (Å²) in [6.07, 6.45) is 4.57. The van der Waals surface area contributed by atoms with E-state index in [1.807, 2.05) is 25.1 Å². The average molecular weight is 366 g/mol. The second kappa shape index (κ2) is 11.3. The summed E-state index contributed by atoms with van der Waals surface area (Å²) in [7, 11) is 0. The summed E-state index contributed by atoms with van der Waals surface area (Å²) in [5.74, 6) is 0.251. The summed E-state index contributed by atoms with van der Waals surface area (Å²) in [6, 6.07) is 21.1. The number of nitrogens with zero attached hydrogens (tertiary/aromatic N) is 1. The van der Waals surface area contributed by atoms with E-state index in [1.54, 1.807) is 6.08 Å². The standard InChI is InChI=1S/C24H31NO2/c1-4-27-24(26)16-15-23(17-20(2)3)25(18-21-11-7-5-8-12-21)19-22-13-9-6-10-14-22/h5-16,20,23H,4,17-19H2,1-3H3/b16-15+/t23-/m1/s1. The minimum atomic E-state index is -0.273. The van der Waals surface area contributed by atoms with Crippen LogP contribution in [0, 0.1) is 5.92 Å². The van der Waals surface area contributed by atoms with E-state index >= 15 is 0 Å². The van der Waals surface area contributed by atoms with E-state index < -0.39 is 0 Å². The number of carbonyl (C=O) groups excluding carboxylic acids is 1. The highest BCUT2D eigenvalue weighted by Crippen LogP contribution is 2.19. The lowest BCUT2D eigenvalue weighted by Crippen LogP contribution is -2.34. The van der Waals surface area contributed by atoms with Crippen LogP contribution in [0.5, 0.6) is 0 Å². The molecule has 0 N–H and O–H groups in total. The van der Waals surface area contributed by atoms with Crippen molar-refractivity contribution in [2.24, 2.45) is 5.92 Å². The maximum Gasteiger partial charge on any atom is 0.330 e. The lowest BCUT2D eigenvalue weighted by Gasteiger charge is -2.31. The Morgan fingerprint density at radius 2 is 1.48 bits per heavy atom. The maximum atomic E-state index is 11.8. The van der Waals surface area contributed by atoms with E-state index in [0.717, 1.165) is 19.5 Å². The number of hydrogen-bond acceptors (Lipinski definition) is 3. The zero-order chi connectivity index (χ0) is 19.5. The first-order valence-corrected chi connectivity index (χ1v) is 9.75. The minimum Gasteiger partial charge on any atom is -0.463 e. The first-order chi connectivity index (χ1) is 13.1. The molecule has 2 aromatic rings. The third-order valence-corrected chi connectivity index (χ3v) is 4.38. The Labute approximate surface area is 163 Å². The van der Waals surface area contributed by atoms with Crippen molar-refractivity contribution in [3.8, 4) is 0 Å². The Balaban J connectivity index is 2.25. The van der Waals surface area contributed by atoms with Crippen LogP contribution in [0.3, 0.4) is 0 Å². The first-order valence-electron chi connectivity index (χ1n) is 9.75. The Morgan fingerprint density at radius 3 is 1.93 bits per heavy atom. The zero-order valence-corrected chi connectivity index (χ0v) is 16.7. The van der Waals surface area contributed by atoms with Gasteiger partial charge >= 0.3 is 5.97 Å². The Hall–Kier alpha value is -2.39. The molecular weight excluding hydrogens is 334 g/mol. The molecule has 0 unspecified atom stereocenters.